The minimum Gasteiger partial charge on any atom is -0.465 e. The molecule has 2 heterocycles. The molecule has 0 spiro atoms. The van der Waals surface area contributed by atoms with Crippen LogP contribution in [0.5, 0.6) is 0 Å². The number of likely N-dealkylation sites (tertiary alicyclic amines) is 1. The second kappa shape index (κ2) is 5.89. The van der Waals surface area contributed by atoms with Crippen molar-refractivity contribution in [2.24, 2.45) is 28.9 Å². The van der Waals surface area contributed by atoms with Gasteiger partial charge < -0.3 is 21.5 Å². The Morgan fingerprint density at radius 2 is 2.12 bits per heavy atom. The fraction of sp³-hybridized carbons (Fsp3) is 0.750. The molecule has 25 heavy (non-hydrogen) atoms. The largest absolute Gasteiger partial charge is 0.465 e. The van der Waals surface area contributed by atoms with Crippen molar-refractivity contribution in [2.75, 3.05) is 13.1 Å². The lowest BCUT2D eigenvalue weighted by Gasteiger charge is -2.29. The molecule has 0 aromatic carbocycles. The first-order valence-electron chi connectivity index (χ1n) is 8.51. The molecule has 1 aliphatic carbocycles. The van der Waals surface area contributed by atoms with E-state index in [1.165, 1.54) is 0 Å². The summed E-state index contributed by atoms with van der Waals surface area (Å²) in [6, 6.07) is -1.81. The minimum atomic E-state index is -1.14. The molecule has 2 aliphatic heterocycles. The molecule has 5 atom stereocenters. The van der Waals surface area contributed by atoms with Gasteiger partial charge in [-0.25, -0.2) is 4.79 Å². The third-order valence-corrected chi connectivity index (χ3v) is 6.07. The highest BCUT2D eigenvalue weighted by Crippen LogP contribution is 2.64. The van der Waals surface area contributed by atoms with Crippen molar-refractivity contribution in [3.05, 3.63) is 0 Å². The van der Waals surface area contributed by atoms with Crippen molar-refractivity contribution in [2.45, 2.75) is 38.8 Å². The Labute approximate surface area is 145 Å². The quantitative estimate of drug-likeness (QED) is 0.508. The van der Waals surface area contributed by atoms with E-state index >= 15 is 0 Å². The van der Waals surface area contributed by atoms with Crippen molar-refractivity contribution in [1.29, 1.82) is 0 Å². The lowest BCUT2D eigenvalue weighted by atomic mass is 9.96. The van der Waals surface area contributed by atoms with Crippen LogP contribution in [0.1, 0.15) is 26.7 Å². The maximum absolute atomic E-state index is 12.7. The zero-order valence-corrected chi connectivity index (χ0v) is 14.3. The first kappa shape index (κ1) is 17.5. The molecule has 1 unspecified atom stereocenters. The summed E-state index contributed by atoms with van der Waals surface area (Å²) in [6.07, 6.45) is -0.431. The van der Waals surface area contributed by atoms with Crippen LogP contribution in [0.2, 0.25) is 0 Å². The fourth-order valence-corrected chi connectivity index (χ4v) is 4.44. The van der Waals surface area contributed by atoms with E-state index in [4.69, 9.17) is 5.73 Å². The van der Waals surface area contributed by atoms with Crippen LogP contribution in [0.15, 0.2) is 0 Å². The van der Waals surface area contributed by atoms with Gasteiger partial charge in [-0.05, 0) is 30.1 Å². The van der Waals surface area contributed by atoms with Crippen molar-refractivity contribution < 1.29 is 24.3 Å². The Balaban J connectivity index is 1.70. The number of primary amides is 1. The lowest BCUT2D eigenvalue weighted by molar-refractivity contribution is -0.131. The number of amides is 4. The average Bonchev–Trinajstić information content (AvgIpc) is 2.91. The summed E-state index contributed by atoms with van der Waals surface area (Å²) in [7, 11) is 0. The van der Waals surface area contributed by atoms with Gasteiger partial charge in [0, 0.05) is 19.0 Å². The number of nitrogens with zero attached hydrogens (tertiary/aromatic N) is 1. The van der Waals surface area contributed by atoms with Crippen molar-refractivity contribution in [3.63, 3.8) is 0 Å². The maximum atomic E-state index is 12.7. The third-order valence-electron chi connectivity index (χ3n) is 6.07. The van der Waals surface area contributed by atoms with Crippen LogP contribution in [0.4, 0.5) is 4.79 Å². The van der Waals surface area contributed by atoms with Gasteiger partial charge in [0.1, 0.15) is 12.1 Å². The first-order chi connectivity index (χ1) is 11.6. The van der Waals surface area contributed by atoms with Gasteiger partial charge in [-0.1, -0.05) is 13.8 Å². The fourth-order valence-electron chi connectivity index (χ4n) is 4.44. The second-order valence-electron chi connectivity index (χ2n) is 7.81. The van der Waals surface area contributed by atoms with E-state index in [0.717, 1.165) is 4.90 Å². The Bertz CT molecular complexity index is 634. The smallest absolute Gasteiger partial charge is 0.407 e. The molecule has 3 fully saturated rings. The molecule has 9 nitrogen and oxygen atoms in total. The van der Waals surface area contributed by atoms with Crippen LogP contribution in [0.3, 0.4) is 0 Å². The normalized spacial score (nSPS) is 33.4. The number of carbonyl (C=O) groups excluding carboxylic acids is 3. The number of carbonyl (C=O) groups is 4. The molecule has 4 amide bonds. The summed E-state index contributed by atoms with van der Waals surface area (Å²) in [6.45, 7) is 4.88. The van der Waals surface area contributed by atoms with E-state index in [1.54, 1.807) is 0 Å². The van der Waals surface area contributed by atoms with Gasteiger partial charge in [0.05, 0.1) is 0 Å². The molecule has 0 aromatic rings. The predicted molar refractivity (Wildman–Crippen MR) is 86.1 cm³/mol. The molecule has 0 radical (unpaired) electrons. The molecule has 138 valence electrons. The van der Waals surface area contributed by atoms with Gasteiger partial charge in [-0.15, -0.1) is 0 Å². The number of carboxylic acid groups (broad SMARTS) is 1. The summed E-state index contributed by atoms with van der Waals surface area (Å²) >= 11 is 0. The zero-order chi connectivity index (χ0) is 18.5. The van der Waals surface area contributed by atoms with E-state index in [1.807, 2.05) is 13.8 Å². The summed E-state index contributed by atoms with van der Waals surface area (Å²) < 4.78 is 0. The topological polar surface area (TPSA) is 142 Å². The van der Waals surface area contributed by atoms with Crippen molar-refractivity contribution >= 4 is 23.8 Å². The summed E-state index contributed by atoms with van der Waals surface area (Å²) in [5.74, 6) is -1.68. The Hall–Kier alpha value is -2.32. The van der Waals surface area contributed by atoms with E-state index in [2.05, 4.69) is 10.6 Å². The number of piperidine rings is 1. The highest BCUT2D eigenvalue weighted by Gasteiger charge is 2.69. The standard InChI is InChI=1S/C16H24N4O5/c1-16(2)8-6-20(15(24)25)11(10(8)16)14(23)19-9(12(17)21)5-7-3-4-18-13(7)22/h7-11H,3-6H2,1-2H3,(H2,17,21)(H,18,22)(H,19,23)(H,24,25)/t7-,8-,9?,10-,11-/m0/s1. The van der Waals surface area contributed by atoms with Gasteiger partial charge in [-0.2, -0.15) is 0 Å². The Morgan fingerprint density at radius 1 is 1.44 bits per heavy atom. The predicted octanol–water partition coefficient (Wildman–Crippen LogP) is -0.883. The highest BCUT2D eigenvalue weighted by atomic mass is 16.4. The SMILES string of the molecule is CC1(C)[C@@H]2[C@@H](C(=O)NC(C[C@@H]3CCNC3=O)C(N)=O)N(C(=O)O)C[C@@H]21. The van der Waals surface area contributed by atoms with Crippen LogP contribution in [0.25, 0.3) is 0 Å². The van der Waals surface area contributed by atoms with Crippen LogP contribution < -0.4 is 16.4 Å². The number of hydrogen-bond acceptors (Lipinski definition) is 4. The number of rotatable bonds is 5. The Kier molecular flexibility index (Phi) is 4.12. The summed E-state index contributed by atoms with van der Waals surface area (Å²) in [5, 5.41) is 14.6. The van der Waals surface area contributed by atoms with E-state index in [-0.39, 0.29) is 35.5 Å². The molecule has 3 rings (SSSR count). The van der Waals surface area contributed by atoms with E-state index < -0.39 is 30.0 Å². The molecule has 5 N–H and O–H groups in total. The lowest BCUT2D eigenvalue weighted by Crippen LogP contribution is -2.54. The van der Waals surface area contributed by atoms with E-state index in [0.29, 0.717) is 19.5 Å². The van der Waals surface area contributed by atoms with Crippen molar-refractivity contribution in [3.8, 4) is 0 Å². The van der Waals surface area contributed by atoms with Gasteiger partial charge in [0.15, 0.2) is 0 Å². The molecular weight excluding hydrogens is 328 g/mol. The van der Waals surface area contributed by atoms with Crippen LogP contribution in [-0.2, 0) is 14.4 Å². The molecule has 9 heteroatoms. The maximum Gasteiger partial charge on any atom is 0.407 e. The van der Waals surface area contributed by atoms with Gasteiger partial charge in [-0.3, -0.25) is 19.3 Å². The average molecular weight is 352 g/mol. The van der Waals surface area contributed by atoms with Crippen LogP contribution >= 0.6 is 0 Å². The van der Waals surface area contributed by atoms with Crippen LogP contribution in [-0.4, -0.2) is 59.0 Å². The Morgan fingerprint density at radius 3 is 2.64 bits per heavy atom. The number of nitrogens with two attached hydrogens (primary N) is 1. The van der Waals surface area contributed by atoms with Crippen LogP contribution in [0, 0.1) is 23.2 Å². The molecular formula is C16H24N4O5. The number of nitrogens with one attached hydrogen (secondary N) is 2. The molecule has 3 aliphatic rings. The van der Waals surface area contributed by atoms with Gasteiger partial charge in [0.25, 0.3) is 0 Å². The highest BCUT2D eigenvalue weighted by molar-refractivity contribution is 5.92. The number of hydrogen-bond donors (Lipinski definition) is 4. The first-order valence-corrected chi connectivity index (χ1v) is 8.51. The van der Waals surface area contributed by atoms with Gasteiger partial charge in [0.2, 0.25) is 17.7 Å². The molecule has 0 aromatic heterocycles. The third kappa shape index (κ3) is 2.91. The summed E-state index contributed by atoms with van der Waals surface area (Å²) in [5.41, 5.74) is 5.29. The van der Waals surface area contributed by atoms with E-state index in [9.17, 15) is 24.3 Å². The zero-order valence-electron chi connectivity index (χ0n) is 14.3. The molecule has 1 saturated carbocycles. The summed E-state index contributed by atoms with van der Waals surface area (Å²) in [4.78, 5) is 48.7. The molecule has 2 saturated heterocycles. The number of fused-ring (bicyclic) bond motifs is 1. The van der Waals surface area contributed by atoms with Crippen molar-refractivity contribution in [1.82, 2.24) is 15.5 Å². The van der Waals surface area contributed by atoms with Gasteiger partial charge >= 0.3 is 6.09 Å². The molecule has 0 bridgehead atoms. The minimum absolute atomic E-state index is 0.0631. The monoisotopic (exact) mass is 352 g/mol. The second-order valence-corrected chi connectivity index (χ2v) is 7.81.